The third kappa shape index (κ3) is 4.24. The monoisotopic (exact) mass is 417 g/mol. The molecule has 0 saturated carbocycles. The molecular weight excluding hydrogens is 390 g/mol. The van der Waals surface area contributed by atoms with E-state index in [4.69, 9.17) is 4.98 Å². The van der Waals surface area contributed by atoms with Crippen LogP contribution in [0.1, 0.15) is 25.1 Å². The summed E-state index contributed by atoms with van der Waals surface area (Å²) in [6.07, 6.45) is 3.86. The Hall–Kier alpha value is -3.12. The second-order valence-electron chi connectivity index (χ2n) is 7.30. The molecule has 0 radical (unpaired) electrons. The third-order valence-electron chi connectivity index (χ3n) is 5.26. The number of aryl methyl sites for hydroxylation is 2. The number of anilines is 3. The Kier molecular flexibility index (Phi) is 5.86. The molecule has 154 valence electrons. The van der Waals surface area contributed by atoms with Gasteiger partial charge in [0.2, 0.25) is 0 Å². The molecule has 4 aromatic rings. The Morgan fingerprint density at radius 1 is 1.03 bits per heavy atom. The first kappa shape index (κ1) is 20.2. The van der Waals surface area contributed by atoms with E-state index in [1.54, 1.807) is 11.3 Å². The zero-order chi connectivity index (χ0) is 21.1. The van der Waals surface area contributed by atoms with Crippen molar-refractivity contribution in [2.24, 2.45) is 0 Å². The number of nitrogens with zero attached hydrogens (tertiary/aromatic N) is 4. The summed E-state index contributed by atoms with van der Waals surface area (Å²) < 4.78 is 2.03. The van der Waals surface area contributed by atoms with Gasteiger partial charge in [0, 0.05) is 47.3 Å². The molecule has 0 bridgehead atoms. The maximum Gasteiger partial charge on any atom is 0.187 e. The minimum absolute atomic E-state index is 0.901. The minimum atomic E-state index is 0.901. The molecule has 2 aromatic carbocycles. The van der Waals surface area contributed by atoms with Crippen LogP contribution in [0, 0.1) is 13.8 Å². The van der Waals surface area contributed by atoms with E-state index in [0.717, 1.165) is 46.5 Å². The zero-order valence-corrected chi connectivity index (χ0v) is 18.7. The molecule has 30 heavy (non-hydrogen) atoms. The van der Waals surface area contributed by atoms with Gasteiger partial charge in [-0.3, -0.25) is 0 Å². The molecule has 2 heterocycles. The van der Waals surface area contributed by atoms with Crippen LogP contribution >= 0.6 is 11.3 Å². The molecule has 1 N–H and O–H groups in total. The van der Waals surface area contributed by atoms with Crippen LogP contribution in [0.2, 0.25) is 0 Å². The number of hydrogen-bond acceptors (Lipinski definition) is 5. The van der Waals surface area contributed by atoms with E-state index >= 15 is 0 Å². The molecule has 0 unspecified atom stereocenters. The summed E-state index contributed by atoms with van der Waals surface area (Å²) in [6, 6.07) is 15.0. The first-order chi connectivity index (χ1) is 14.6. The van der Waals surface area contributed by atoms with Crippen LogP contribution in [0.25, 0.3) is 16.9 Å². The smallest absolute Gasteiger partial charge is 0.187 e. The second-order valence-corrected chi connectivity index (χ2v) is 8.16. The average Bonchev–Trinajstić information content (AvgIpc) is 3.40. The van der Waals surface area contributed by atoms with Crippen LogP contribution in [0.4, 0.5) is 16.5 Å². The summed E-state index contributed by atoms with van der Waals surface area (Å²) in [4.78, 5) is 11.4. The highest BCUT2D eigenvalue weighted by Gasteiger charge is 2.09. The number of thiazole rings is 1. The Labute approximate surface area is 182 Å². The van der Waals surface area contributed by atoms with Crippen molar-refractivity contribution in [1.29, 1.82) is 0 Å². The molecule has 4 rings (SSSR count). The Morgan fingerprint density at radius 3 is 2.43 bits per heavy atom. The van der Waals surface area contributed by atoms with E-state index in [1.165, 1.54) is 11.3 Å². The molecule has 0 saturated heterocycles. The molecule has 6 heteroatoms. The number of benzene rings is 2. The van der Waals surface area contributed by atoms with E-state index in [-0.39, 0.29) is 0 Å². The third-order valence-corrected chi connectivity index (χ3v) is 6.01. The van der Waals surface area contributed by atoms with Gasteiger partial charge in [-0.25, -0.2) is 9.97 Å². The van der Waals surface area contributed by atoms with Gasteiger partial charge in [-0.15, -0.1) is 11.3 Å². The maximum absolute atomic E-state index is 4.79. The molecule has 0 amide bonds. The zero-order valence-electron chi connectivity index (χ0n) is 17.9. The van der Waals surface area contributed by atoms with Crippen LogP contribution in [-0.4, -0.2) is 27.6 Å². The summed E-state index contributed by atoms with van der Waals surface area (Å²) in [5, 5.41) is 6.48. The molecule has 2 aromatic heterocycles. The summed E-state index contributed by atoms with van der Waals surface area (Å²) in [7, 11) is 0. The SMILES string of the molecule is CCN(CC)c1ccc(Nc2nc(-c3ccc(-n4cnc(C)c4)cc3)cs2)c(C)c1. The fraction of sp³-hybridized carbons (Fsp3) is 0.250. The van der Waals surface area contributed by atoms with Gasteiger partial charge in [-0.1, -0.05) is 12.1 Å². The first-order valence-corrected chi connectivity index (χ1v) is 11.1. The minimum Gasteiger partial charge on any atom is -0.372 e. The van der Waals surface area contributed by atoms with Crippen molar-refractivity contribution in [3.63, 3.8) is 0 Å². The van der Waals surface area contributed by atoms with Crippen molar-refractivity contribution in [1.82, 2.24) is 14.5 Å². The fourth-order valence-corrected chi connectivity index (χ4v) is 4.25. The molecule has 0 spiro atoms. The first-order valence-electron chi connectivity index (χ1n) is 10.3. The van der Waals surface area contributed by atoms with Crippen molar-refractivity contribution in [3.05, 3.63) is 71.6 Å². The highest BCUT2D eigenvalue weighted by molar-refractivity contribution is 7.14. The lowest BCUT2D eigenvalue weighted by atomic mass is 10.1. The van der Waals surface area contributed by atoms with Crippen molar-refractivity contribution >= 4 is 27.8 Å². The van der Waals surface area contributed by atoms with Gasteiger partial charge < -0.3 is 14.8 Å². The van der Waals surface area contributed by atoms with E-state index in [2.05, 4.69) is 83.8 Å². The summed E-state index contributed by atoms with van der Waals surface area (Å²) in [6.45, 7) is 10.5. The van der Waals surface area contributed by atoms with E-state index < -0.39 is 0 Å². The second kappa shape index (κ2) is 8.71. The average molecular weight is 418 g/mol. The van der Waals surface area contributed by atoms with Gasteiger partial charge in [0.05, 0.1) is 17.7 Å². The summed E-state index contributed by atoms with van der Waals surface area (Å²) in [5.74, 6) is 0. The lowest BCUT2D eigenvalue weighted by Gasteiger charge is -2.22. The molecule has 0 aliphatic carbocycles. The van der Waals surface area contributed by atoms with Gasteiger partial charge in [0.15, 0.2) is 5.13 Å². The van der Waals surface area contributed by atoms with E-state index in [9.17, 15) is 0 Å². The van der Waals surface area contributed by atoms with Gasteiger partial charge >= 0.3 is 0 Å². The number of rotatable bonds is 7. The van der Waals surface area contributed by atoms with E-state index in [1.807, 2.05) is 24.0 Å². The van der Waals surface area contributed by atoms with Crippen LogP contribution in [0.15, 0.2) is 60.4 Å². The molecule has 0 aliphatic heterocycles. The van der Waals surface area contributed by atoms with Crippen LogP contribution in [0.5, 0.6) is 0 Å². The highest BCUT2D eigenvalue weighted by atomic mass is 32.1. The van der Waals surface area contributed by atoms with Crippen molar-refractivity contribution in [3.8, 4) is 16.9 Å². The number of imidazole rings is 1. The topological polar surface area (TPSA) is 46.0 Å². The predicted molar refractivity (Wildman–Crippen MR) is 127 cm³/mol. The summed E-state index contributed by atoms with van der Waals surface area (Å²) in [5.41, 5.74) is 7.76. The van der Waals surface area contributed by atoms with Crippen LogP contribution < -0.4 is 10.2 Å². The molecule has 0 atom stereocenters. The van der Waals surface area contributed by atoms with Crippen LogP contribution in [0.3, 0.4) is 0 Å². The van der Waals surface area contributed by atoms with E-state index in [0.29, 0.717) is 0 Å². The normalized spacial score (nSPS) is 10.9. The standard InChI is InChI=1S/C24H27N5S/c1-5-28(6-2)21-11-12-22(17(3)13-21)26-24-27-23(15-30-24)19-7-9-20(10-8-19)29-14-18(4)25-16-29/h7-16H,5-6H2,1-4H3,(H,26,27). The van der Waals surface area contributed by atoms with Gasteiger partial charge in [0.1, 0.15) is 0 Å². The Balaban J connectivity index is 1.49. The Bertz CT molecular complexity index is 1120. The number of aromatic nitrogens is 3. The largest absolute Gasteiger partial charge is 0.372 e. The number of hydrogen-bond donors (Lipinski definition) is 1. The molecular formula is C24H27N5S. The lowest BCUT2D eigenvalue weighted by molar-refractivity contribution is 0.866. The summed E-state index contributed by atoms with van der Waals surface area (Å²) >= 11 is 1.62. The lowest BCUT2D eigenvalue weighted by Crippen LogP contribution is -2.21. The molecule has 0 aliphatic rings. The van der Waals surface area contributed by atoms with Crippen LogP contribution in [-0.2, 0) is 0 Å². The van der Waals surface area contributed by atoms with Crippen molar-refractivity contribution < 1.29 is 0 Å². The quantitative estimate of drug-likeness (QED) is 0.389. The Morgan fingerprint density at radius 2 is 1.80 bits per heavy atom. The predicted octanol–water partition coefficient (Wildman–Crippen LogP) is 6.20. The maximum atomic E-state index is 4.79. The van der Waals surface area contributed by atoms with Crippen molar-refractivity contribution in [2.45, 2.75) is 27.7 Å². The molecule has 0 fully saturated rings. The highest BCUT2D eigenvalue weighted by Crippen LogP contribution is 2.30. The molecule has 5 nitrogen and oxygen atoms in total. The number of nitrogens with one attached hydrogen (secondary N) is 1. The van der Waals surface area contributed by atoms with Gasteiger partial charge in [-0.05, 0) is 63.6 Å². The van der Waals surface area contributed by atoms with Crippen molar-refractivity contribution in [2.75, 3.05) is 23.3 Å². The van der Waals surface area contributed by atoms with Gasteiger partial charge in [-0.2, -0.15) is 0 Å². The fourth-order valence-electron chi connectivity index (χ4n) is 3.52. The van der Waals surface area contributed by atoms with Gasteiger partial charge in [0.25, 0.3) is 0 Å².